The maximum atomic E-state index is 14.1. The number of hydrogen-bond donors (Lipinski definition) is 0. The molecule has 0 unspecified atom stereocenters. The van der Waals surface area contributed by atoms with Gasteiger partial charge in [-0.2, -0.15) is 18.3 Å². The van der Waals surface area contributed by atoms with Crippen molar-refractivity contribution in [2.75, 3.05) is 7.11 Å². The molecule has 0 saturated heterocycles. The van der Waals surface area contributed by atoms with Crippen LogP contribution in [0.3, 0.4) is 0 Å². The summed E-state index contributed by atoms with van der Waals surface area (Å²) in [6.07, 6.45) is -0.204. The van der Waals surface area contributed by atoms with Crippen molar-refractivity contribution in [3.63, 3.8) is 0 Å². The summed E-state index contributed by atoms with van der Waals surface area (Å²) in [5.74, 6) is 0.425. The summed E-state index contributed by atoms with van der Waals surface area (Å²) in [6, 6.07) is 10.4. The molecule has 9 heteroatoms. The van der Waals surface area contributed by atoms with Gasteiger partial charge < -0.3 is 9.47 Å². The molecule has 1 aromatic heterocycles. The van der Waals surface area contributed by atoms with Crippen LogP contribution in [0.15, 0.2) is 55.1 Å². The van der Waals surface area contributed by atoms with Crippen molar-refractivity contribution in [3.8, 4) is 11.5 Å². The van der Waals surface area contributed by atoms with Crippen LogP contribution in [0.4, 0.5) is 13.2 Å². The molecule has 1 aliphatic carbocycles. The van der Waals surface area contributed by atoms with Gasteiger partial charge >= 0.3 is 6.18 Å². The van der Waals surface area contributed by atoms with E-state index in [9.17, 15) is 13.2 Å². The molecule has 1 heterocycles. The molecule has 5 nitrogen and oxygen atoms in total. The van der Waals surface area contributed by atoms with Crippen LogP contribution >= 0.6 is 11.6 Å². The van der Waals surface area contributed by atoms with E-state index >= 15 is 0 Å². The molecule has 1 aliphatic rings. The van der Waals surface area contributed by atoms with Gasteiger partial charge in [0.15, 0.2) is 0 Å². The van der Waals surface area contributed by atoms with E-state index in [2.05, 4.69) is 10.1 Å². The van der Waals surface area contributed by atoms with Crippen LogP contribution in [0.2, 0.25) is 5.02 Å². The molecule has 0 spiro atoms. The number of nitrogens with zero attached hydrogens (tertiary/aromatic N) is 3. The normalized spacial score (nSPS) is 16.3. The van der Waals surface area contributed by atoms with Crippen LogP contribution in [0, 0.1) is 5.92 Å². The number of methoxy groups -OCH3 is 1. The Balaban J connectivity index is 1.76. The smallest absolute Gasteiger partial charge is 0.416 e. The first kappa shape index (κ1) is 20.7. The van der Waals surface area contributed by atoms with Crippen molar-refractivity contribution >= 4 is 11.6 Å². The number of hydrogen-bond acceptors (Lipinski definition) is 4. The van der Waals surface area contributed by atoms with E-state index in [1.807, 2.05) is 0 Å². The Hall–Kier alpha value is -2.58. The van der Waals surface area contributed by atoms with Crippen LogP contribution in [-0.2, 0) is 23.1 Å². The molecule has 3 aromatic rings. The minimum atomic E-state index is -4.59. The van der Waals surface area contributed by atoms with Gasteiger partial charge in [0.2, 0.25) is 0 Å². The molecule has 2 aromatic carbocycles. The van der Waals surface area contributed by atoms with Crippen molar-refractivity contribution in [1.29, 1.82) is 0 Å². The third kappa shape index (κ3) is 4.15. The lowest BCUT2D eigenvalue weighted by Gasteiger charge is -2.35. The highest BCUT2D eigenvalue weighted by molar-refractivity contribution is 6.30. The molecule has 0 radical (unpaired) electrons. The third-order valence-corrected chi connectivity index (χ3v) is 5.52. The maximum absolute atomic E-state index is 14.1. The van der Waals surface area contributed by atoms with E-state index in [4.69, 9.17) is 21.1 Å². The molecule has 0 bridgehead atoms. The number of rotatable bonds is 7. The van der Waals surface area contributed by atoms with E-state index in [0.717, 1.165) is 18.9 Å². The fourth-order valence-corrected chi connectivity index (χ4v) is 3.84. The van der Waals surface area contributed by atoms with Crippen molar-refractivity contribution in [2.45, 2.75) is 31.2 Å². The lowest BCUT2D eigenvalue weighted by molar-refractivity contribution is -0.143. The van der Waals surface area contributed by atoms with Gasteiger partial charge in [-0.1, -0.05) is 17.7 Å². The maximum Gasteiger partial charge on any atom is 0.416 e. The zero-order valence-corrected chi connectivity index (χ0v) is 16.8. The van der Waals surface area contributed by atoms with Crippen LogP contribution in [0.1, 0.15) is 24.0 Å². The fourth-order valence-electron chi connectivity index (χ4n) is 3.71. The highest BCUT2D eigenvalue weighted by Gasteiger charge is 2.51. The van der Waals surface area contributed by atoms with E-state index in [0.29, 0.717) is 10.8 Å². The quantitative estimate of drug-likeness (QED) is 0.476. The molecule has 0 amide bonds. The highest BCUT2D eigenvalue weighted by Crippen LogP contribution is 2.52. The molecule has 1 atom stereocenters. The monoisotopic (exact) mass is 437 g/mol. The van der Waals surface area contributed by atoms with Crippen molar-refractivity contribution < 1.29 is 22.6 Å². The number of alkyl halides is 3. The van der Waals surface area contributed by atoms with Crippen molar-refractivity contribution in [2.24, 2.45) is 5.92 Å². The lowest BCUT2D eigenvalue weighted by atomic mass is 9.84. The Labute approximate surface area is 176 Å². The molecule has 1 fully saturated rings. The Morgan fingerprint density at radius 2 is 1.77 bits per heavy atom. The van der Waals surface area contributed by atoms with Gasteiger partial charge in [0.25, 0.3) is 0 Å². The Morgan fingerprint density at radius 1 is 1.07 bits per heavy atom. The Bertz CT molecular complexity index is 1010. The van der Waals surface area contributed by atoms with E-state index in [1.165, 1.54) is 36.6 Å². The second-order valence-electron chi connectivity index (χ2n) is 7.22. The average Bonchev–Trinajstić information content (AvgIpc) is 3.45. The zero-order valence-electron chi connectivity index (χ0n) is 16.1. The first-order valence-electron chi connectivity index (χ1n) is 9.34. The van der Waals surface area contributed by atoms with Crippen LogP contribution in [-0.4, -0.2) is 21.9 Å². The largest absolute Gasteiger partial charge is 0.457 e. The molecular weight excluding hydrogens is 419 g/mol. The first-order chi connectivity index (χ1) is 14.3. The summed E-state index contributed by atoms with van der Waals surface area (Å²) in [5, 5.41) is 4.58. The van der Waals surface area contributed by atoms with E-state index in [-0.39, 0.29) is 23.8 Å². The third-order valence-electron chi connectivity index (χ3n) is 5.27. The predicted molar refractivity (Wildman–Crippen MR) is 104 cm³/mol. The van der Waals surface area contributed by atoms with Gasteiger partial charge in [-0.3, -0.25) is 0 Å². The highest BCUT2D eigenvalue weighted by atomic mass is 35.5. The van der Waals surface area contributed by atoms with E-state index in [1.54, 1.807) is 24.3 Å². The van der Waals surface area contributed by atoms with Gasteiger partial charge in [0.05, 0.1) is 12.1 Å². The van der Waals surface area contributed by atoms with Gasteiger partial charge in [-0.05, 0) is 60.7 Å². The van der Waals surface area contributed by atoms with Gasteiger partial charge in [-0.25, -0.2) is 9.67 Å². The summed E-state index contributed by atoms with van der Waals surface area (Å²) in [6.45, 7) is 0.134. The van der Waals surface area contributed by atoms with Gasteiger partial charge in [-0.15, -0.1) is 0 Å². The summed E-state index contributed by atoms with van der Waals surface area (Å²) in [5.41, 5.74) is -1.89. The number of ether oxygens (including phenoxy) is 2. The number of aromatic nitrogens is 3. The number of halogens is 4. The minimum absolute atomic E-state index is 0.0455. The standard InChI is InChI=1S/C21H19ClF3N3O2/c1-29-20(14-2-3-14,11-28-13-26-12-27-28)18-9-8-17(10-19(18)21(23,24)25)30-16-6-4-15(22)5-7-16/h4-10,12-14H,2-3,11H2,1H3/t20-/m1/s1. The molecular formula is C21H19ClF3N3O2. The number of benzene rings is 2. The fraction of sp³-hybridized carbons (Fsp3) is 0.333. The van der Waals surface area contributed by atoms with Crippen LogP contribution < -0.4 is 4.74 Å². The van der Waals surface area contributed by atoms with Crippen LogP contribution in [0.5, 0.6) is 11.5 Å². The molecule has 4 rings (SSSR count). The predicted octanol–water partition coefficient (Wildman–Crippen LogP) is 5.69. The molecule has 0 N–H and O–H groups in total. The summed E-state index contributed by atoms with van der Waals surface area (Å²) in [4.78, 5) is 3.90. The molecule has 0 aliphatic heterocycles. The SMILES string of the molecule is CO[C@@](Cn1cncn1)(c1ccc(Oc2ccc(Cl)cc2)cc1C(F)(F)F)C1CC1. The van der Waals surface area contributed by atoms with E-state index < -0.39 is 17.3 Å². The topological polar surface area (TPSA) is 49.2 Å². The first-order valence-corrected chi connectivity index (χ1v) is 9.72. The lowest BCUT2D eigenvalue weighted by Crippen LogP contribution is -2.38. The minimum Gasteiger partial charge on any atom is -0.457 e. The molecule has 30 heavy (non-hydrogen) atoms. The van der Waals surface area contributed by atoms with Crippen LogP contribution in [0.25, 0.3) is 0 Å². The average molecular weight is 438 g/mol. The summed E-state index contributed by atoms with van der Waals surface area (Å²) in [7, 11) is 1.44. The molecule has 158 valence electrons. The van der Waals surface area contributed by atoms with Gasteiger partial charge in [0, 0.05) is 12.1 Å². The van der Waals surface area contributed by atoms with Crippen molar-refractivity contribution in [3.05, 3.63) is 71.3 Å². The second kappa shape index (κ2) is 7.92. The van der Waals surface area contributed by atoms with Crippen molar-refractivity contribution in [1.82, 2.24) is 14.8 Å². The second-order valence-corrected chi connectivity index (χ2v) is 7.66. The van der Waals surface area contributed by atoms with Gasteiger partial charge in [0.1, 0.15) is 29.8 Å². The molecule has 1 saturated carbocycles. The summed E-state index contributed by atoms with van der Waals surface area (Å²) >= 11 is 5.85. The summed E-state index contributed by atoms with van der Waals surface area (Å²) < 4.78 is 55.2. The Morgan fingerprint density at radius 3 is 2.33 bits per heavy atom. The Kier molecular flexibility index (Phi) is 5.46. The zero-order chi connectivity index (χ0) is 21.4.